The van der Waals surface area contributed by atoms with Gasteiger partial charge in [0.15, 0.2) is 0 Å². The molecule has 4 rings (SSSR count). The van der Waals surface area contributed by atoms with Crippen molar-refractivity contribution >= 4 is 23.5 Å². The van der Waals surface area contributed by atoms with E-state index in [1.54, 1.807) is 31.2 Å². The predicted molar refractivity (Wildman–Crippen MR) is 119 cm³/mol. The molecule has 32 heavy (non-hydrogen) atoms. The number of ether oxygens (including phenoxy) is 2. The molecule has 0 radical (unpaired) electrons. The molecule has 1 aliphatic carbocycles. The molecule has 1 spiro atoms. The monoisotopic (exact) mass is 437 g/mol. The Morgan fingerprint density at radius 3 is 2.19 bits per heavy atom. The van der Waals surface area contributed by atoms with Crippen molar-refractivity contribution in [1.82, 2.24) is 10.2 Å². The van der Waals surface area contributed by atoms with Crippen molar-refractivity contribution in [3.8, 4) is 17.2 Å². The minimum atomic E-state index is -0.915. The van der Waals surface area contributed by atoms with E-state index in [1.807, 2.05) is 31.2 Å². The van der Waals surface area contributed by atoms with Crippen LogP contribution in [0.15, 0.2) is 48.5 Å². The van der Waals surface area contributed by atoms with Crippen LogP contribution in [-0.2, 0) is 9.59 Å². The summed E-state index contributed by atoms with van der Waals surface area (Å²) in [5.74, 6) is 1.32. The SMILES string of the molecule is CCOc1ccc(Oc2ccc(NC(=O)C(C)N3C(=O)NC4(CCCC4)C3=O)cc2)cc1. The van der Waals surface area contributed by atoms with Gasteiger partial charge in [0.05, 0.1) is 6.61 Å². The predicted octanol–water partition coefficient (Wildman–Crippen LogP) is 4.07. The number of hydrogen-bond acceptors (Lipinski definition) is 5. The molecule has 1 aliphatic heterocycles. The molecule has 1 heterocycles. The lowest BCUT2D eigenvalue weighted by Crippen LogP contribution is -2.48. The van der Waals surface area contributed by atoms with Crippen molar-refractivity contribution in [3.05, 3.63) is 48.5 Å². The second-order valence-electron chi connectivity index (χ2n) is 8.09. The molecule has 2 aromatic rings. The zero-order valence-electron chi connectivity index (χ0n) is 18.2. The lowest BCUT2D eigenvalue weighted by molar-refractivity contribution is -0.136. The Morgan fingerprint density at radius 2 is 1.59 bits per heavy atom. The van der Waals surface area contributed by atoms with Gasteiger partial charge in [-0.1, -0.05) is 12.8 Å². The van der Waals surface area contributed by atoms with Gasteiger partial charge in [0.2, 0.25) is 5.91 Å². The summed E-state index contributed by atoms with van der Waals surface area (Å²) >= 11 is 0. The number of hydrogen-bond donors (Lipinski definition) is 2. The van der Waals surface area contributed by atoms with Gasteiger partial charge in [-0.05, 0) is 75.2 Å². The Labute approximate surface area is 186 Å². The van der Waals surface area contributed by atoms with Crippen LogP contribution in [0, 0.1) is 0 Å². The lowest BCUT2D eigenvalue weighted by atomic mass is 9.97. The standard InChI is InChI=1S/C24H27N3O5/c1-3-31-18-10-12-20(13-11-18)32-19-8-6-17(7-9-19)25-21(28)16(2)27-22(29)24(26-23(27)30)14-4-5-15-24/h6-13,16H,3-5,14-15H2,1-2H3,(H,25,28)(H,26,30). The molecule has 1 unspecified atom stereocenters. The van der Waals surface area contributed by atoms with Crippen molar-refractivity contribution in [2.45, 2.75) is 51.1 Å². The summed E-state index contributed by atoms with van der Waals surface area (Å²) in [6, 6.07) is 12.8. The van der Waals surface area contributed by atoms with Crippen molar-refractivity contribution < 1.29 is 23.9 Å². The largest absolute Gasteiger partial charge is 0.494 e. The number of rotatable bonds is 7. The third-order valence-corrected chi connectivity index (χ3v) is 5.91. The molecule has 0 bridgehead atoms. The minimum Gasteiger partial charge on any atom is -0.494 e. The first-order chi connectivity index (χ1) is 15.4. The molecule has 1 atom stereocenters. The van der Waals surface area contributed by atoms with Crippen LogP contribution in [-0.4, -0.2) is 40.9 Å². The Balaban J connectivity index is 1.36. The number of nitrogens with one attached hydrogen (secondary N) is 2. The Bertz CT molecular complexity index is 997. The van der Waals surface area contributed by atoms with E-state index in [1.165, 1.54) is 0 Å². The van der Waals surface area contributed by atoms with Gasteiger partial charge in [-0.2, -0.15) is 0 Å². The first kappa shape index (κ1) is 21.7. The van der Waals surface area contributed by atoms with Gasteiger partial charge < -0.3 is 20.1 Å². The third-order valence-electron chi connectivity index (χ3n) is 5.91. The van der Waals surface area contributed by atoms with Gasteiger partial charge >= 0.3 is 6.03 Å². The molecule has 2 fully saturated rings. The van der Waals surface area contributed by atoms with E-state index in [9.17, 15) is 14.4 Å². The molecule has 1 saturated carbocycles. The highest BCUT2D eigenvalue weighted by Crippen LogP contribution is 2.36. The summed E-state index contributed by atoms with van der Waals surface area (Å²) in [6.07, 6.45) is 3.04. The van der Waals surface area contributed by atoms with Crippen LogP contribution in [0.4, 0.5) is 10.5 Å². The zero-order valence-corrected chi connectivity index (χ0v) is 18.2. The number of benzene rings is 2. The first-order valence-electron chi connectivity index (χ1n) is 10.9. The van der Waals surface area contributed by atoms with Gasteiger partial charge in [-0.3, -0.25) is 9.59 Å². The highest BCUT2D eigenvalue weighted by atomic mass is 16.5. The average molecular weight is 437 g/mol. The Morgan fingerprint density at radius 1 is 1.03 bits per heavy atom. The molecule has 2 aliphatic rings. The fourth-order valence-electron chi connectivity index (χ4n) is 4.19. The van der Waals surface area contributed by atoms with Crippen LogP contribution in [0.5, 0.6) is 17.2 Å². The summed E-state index contributed by atoms with van der Waals surface area (Å²) in [5, 5.41) is 5.57. The molecule has 4 amide bonds. The summed E-state index contributed by atoms with van der Waals surface area (Å²) in [6.45, 7) is 4.09. The van der Waals surface area contributed by atoms with Crippen LogP contribution < -0.4 is 20.1 Å². The van der Waals surface area contributed by atoms with Crippen LogP contribution in [0.2, 0.25) is 0 Å². The normalized spacial score (nSPS) is 17.9. The molecule has 8 heteroatoms. The Kier molecular flexibility index (Phi) is 6.03. The fourth-order valence-corrected chi connectivity index (χ4v) is 4.19. The van der Waals surface area contributed by atoms with Gasteiger partial charge in [-0.15, -0.1) is 0 Å². The van der Waals surface area contributed by atoms with E-state index in [0.717, 1.165) is 23.5 Å². The number of imide groups is 1. The average Bonchev–Trinajstić information content (AvgIpc) is 3.35. The molecular weight excluding hydrogens is 410 g/mol. The van der Waals surface area contributed by atoms with Crippen molar-refractivity contribution in [3.63, 3.8) is 0 Å². The molecule has 2 aromatic carbocycles. The van der Waals surface area contributed by atoms with Crippen molar-refractivity contribution in [1.29, 1.82) is 0 Å². The number of carbonyl (C=O) groups is 3. The van der Waals surface area contributed by atoms with E-state index < -0.39 is 23.5 Å². The van der Waals surface area contributed by atoms with E-state index >= 15 is 0 Å². The van der Waals surface area contributed by atoms with E-state index in [4.69, 9.17) is 9.47 Å². The smallest absolute Gasteiger partial charge is 0.325 e. The zero-order chi connectivity index (χ0) is 22.7. The third kappa shape index (κ3) is 4.26. The van der Waals surface area contributed by atoms with Gasteiger partial charge in [0.25, 0.3) is 5.91 Å². The summed E-state index contributed by atoms with van der Waals surface area (Å²) in [4.78, 5) is 39.0. The second-order valence-corrected chi connectivity index (χ2v) is 8.09. The van der Waals surface area contributed by atoms with Crippen LogP contribution >= 0.6 is 0 Å². The molecule has 1 saturated heterocycles. The van der Waals surface area contributed by atoms with Gasteiger partial charge in [0.1, 0.15) is 28.8 Å². The molecular formula is C24H27N3O5. The van der Waals surface area contributed by atoms with E-state index in [2.05, 4.69) is 10.6 Å². The number of anilines is 1. The van der Waals surface area contributed by atoms with Gasteiger partial charge in [-0.25, -0.2) is 9.69 Å². The van der Waals surface area contributed by atoms with Crippen LogP contribution in [0.1, 0.15) is 39.5 Å². The highest BCUT2D eigenvalue weighted by Gasteiger charge is 2.54. The lowest BCUT2D eigenvalue weighted by Gasteiger charge is -2.23. The fraction of sp³-hybridized carbons (Fsp3) is 0.375. The molecule has 8 nitrogen and oxygen atoms in total. The number of nitrogens with zero attached hydrogens (tertiary/aromatic N) is 1. The molecule has 168 valence electrons. The van der Waals surface area contributed by atoms with Gasteiger partial charge in [0, 0.05) is 5.69 Å². The highest BCUT2D eigenvalue weighted by molar-refractivity contribution is 6.11. The quantitative estimate of drug-likeness (QED) is 0.637. The molecule has 0 aromatic heterocycles. The number of carbonyl (C=O) groups excluding carboxylic acids is 3. The summed E-state index contributed by atoms with van der Waals surface area (Å²) in [5.41, 5.74) is -0.283. The van der Waals surface area contributed by atoms with Crippen molar-refractivity contribution in [2.24, 2.45) is 0 Å². The van der Waals surface area contributed by atoms with E-state index in [-0.39, 0.29) is 5.91 Å². The van der Waals surface area contributed by atoms with Crippen LogP contribution in [0.3, 0.4) is 0 Å². The van der Waals surface area contributed by atoms with E-state index in [0.29, 0.717) is 36.6 Å². The minimum absolute atomic E-state index is 0.304. The molecule has 2 N–H and O–H groups in total. The maximum atomic E-state index is 12.9. The first-order valence-corrected chi connectivity index (χ1v) is 10.9. The summed E-state index contributed by atoms with van der Waals surface area (Å²) in [7, 11) is 0. The van der Waals surface area contributed by atoms with Crippen LogP contribution in [0.25, 0.3) is 0 Å². The topological polar surface area (TPSA) is 97.0 Å². The maximum Gasteiger partial charge on any atom is 0.325 e. The second kappa shape index (κ2) is 8.90. The summed E-state index contributed by atoms with van der Waals surface area (Å²) < 4.78 is 11.2. The Hall–Kier alpha value is -3.55. The van der Waals surface area contributed by atoms with Crippen molar-refractivity contribution in [2.75, 3.05) is 11.9 Å². The number of amides is 4. The number of urea groups is 1. The maximum absolute atomic E-state index is 12.9.